The Bertz CT molecular complexity index is 770. The van der Waals surface area contributed by atoms with Crippen molar-refractivity contribution in [2.45, 2.75) is 72.1 Å². The Morgan fingerprint density at radius 2 is 1.96 bits per heavy atom. The lowest BCUT2D eigenvalue weighted by Crippen LogP contribution is -2.20. The molecule has 6 heteroatoms. The average Bonchev–Trinajstić information content (AvgIpc) is 2.96. The first-order chi connectivity index (χ1) is 12.5. The Labute approximate surface area is 167 Å². The molecule has 27 heavy (non-hydrogen) atoms. The van der Waals surface area contributed by atoms with Crippen LogP contribution in [0.5, 0.6) is 0 Å². The fourth-order valence-electron chi connectivity index (χ4n) is 3.41. The molecule has 1 aromatic rings. The van der Waals surface area contributed by atoms with E-state index in [1.165, 1.54) is 0 Å². The second kappa shape index (κ2) is 8.95. The van der Waals surface area contributed by atoms with Gasteiger partial charge >= 0.3 is 5.97 Å². The van der Waals surface area contributed by atoms with Gasteiger partial charge in [-0.25, -0.2) is 4.79 Å². The third kappa shape index (κ3) is 6.21. The molecule has 0 aromatic carbocycles. The predicted molar refractivity (Wildman–Crippen MR) is 112 cm³/mol. The number of rotatable bonds is 6. The maximum atomic E-state index is 13.7. The van der Waals surface area contributed by atoms with Crippen LogP contribution in [0.3, 0.4) is 0 Å². The largest absolute Gasteiger partial charge is 0.477 e. The van der Waals surface area contributed by atoms with Gasteiger partial charge in [-0.1, -0.05) is 18.8 Å². The van der Waals surface area contributed by atoms with E-state index in [4.69, 9.17) is 4.52 Å². The van der Waals surface area contributed by atoms with Crippen LogP contribution in [0.15, 0.2) is 6.07 Å². The van der Waals surface area contributed by atoms with Crippen LogP contribution in [0.25, 0.3) is 0 Å². The molecule has 1 N–H and O–H groups in total. The molecule has 1 saturated carbocycles. The highest BCUT2D eigenvalue weighted by Gasteiger charge is 2.37. The van der Waals surface area contributed by atoms with Crippen LogP contribution in [0, 0.1) is 23.2 Å². The molecule has 1 heterocycles. The molecule has 150 valence electrons. The summed E-state index contributed by atoms with van der Waals surface area (Å²) in [5, 5.41) is 9.61. The van der Waals surface area contributed by atoms with E-state index in [2.05, 4.69) is 18.8 Å². The third-order valence-electron chi connectivity index (χ3n) is 4.84. The molecule has 0 spiro atoms. The van der Waals surface area contributed by atoms with Gasteiger partial charge in [0.2, 0.25) is 7.37 Å². The van der Waals surface area contributed by atoms with Gasteiger partial charge in [0.15, 0.2) is 0 Å². The monoisotopic (exact) mass is 410 g/mol. The number of hydrogen-bond donors (Lipinski definition) is 1. The van der Waals surface area contributed by atoms with Gasteiger partial charge in [0.1, 0.15) is 4.88 Å². The molecule has 0 amide bonds. The number of carboxylic acids is 1. The summed E-state index contributed by atoms with van der Waals surface area (Å²) in [5.74, 6) is 5.89. The minimum atomic E-state index is -2.95. The van der Waals surface area contributed by atoms with Crippen molar-refractivity contribution in [1.82, 2.24) is 0 Å². The van der Waals surface area contributed by atoms with Crippen LogP contribution in [0.4, 0.5) is 0 Å². The van der Waals surface area contributed by atoms with E-state index in [-0.39, 0.29) is 22.1 Å². The van der Waals surface area contributed by atoms with E-state index in [1.807, 2.05) is 27.7 Å². The molecule has 0 saturated heterocycles. The van der Waals surface area contributed by atoms with Crippen LogP contribution in [-0.2, 0) is 15.3 Å². The fraction of sp³-hybridized carbons (Fsp3) is 0.667. The Balaban J connectivity index is 2.33. The summed E-state index contributed by atoms with van der Waals surface area (Å²) in [7, 11) is -2.95. The van der Waals surface area contributed by atoms with Crippen molar-refractivity contribution >= 4 is 24.7 Å². The van der Waals surface area contributed by atoms with Gasteiger partial charge in [0.05, 0.1) is 17.6 Å². The van der Waals surface area contributed by atoms with Gasteiger partial charge in [-0.3, -0.25) is 4.57 Å². The molecule has 1 aliphatic carbocycles. The number of carbonyl (C=O) groups is 1. The normalized spacial score (nSPS) is 22.6. The van der Waals surface area contributed by atoms with Crippen molar-refractivity contribution < 1.29 is 19.0 Å². The molecule has 1 atom stereocenters. The molecule has 0 radical (unpaired) electrons. The first kappa shape index (κ1) is 22.2. The van der Waals surface area contributed by atoms with Crippen LogP contribution in [0.1, 0.15) is 80.4 Å². The zero-order valence-electron chi connectivity index (χ0n) is 17.0. The van der Waals surface area contributed by atoms with Crippen molar-refractivity contribution in [1.29, 1.82) is 0 Å². The topological polar surface area (TPSA) is 63.6 Å². The summed E-state index contributed by atoms with van der Waals surface area (Å²) < 4.78 is 19.5. The van der Waals surface area contributed by atoms with Crippen molar-refractivity contribution in [2.75, 3.05) is 6.61 Å². The maximum Gasteiger partial charge on any atom is 0.346 e. The highest BCUT2D eigenvalue weighted by Crippen LogP contribution is 2.60. The van der Waals surface area contributed by atoms with Gasteiger partial charge in [0, 0.05) is 11.1 Å². The summed E-state index contributed by atoms with van der Waals surface area (Å²) in [4.78, 5) is 12.7. The van der Waals surface area contributed by atoms with E-state index in [0.717, 1.165) is 37.0 Å². The number of thiophene rings is 1. The van der Waals surface area contributed by atoms with Crippen molar-refractivity contribution in [2.24, 2.45) is 11.3 Å². The molecule has 1 fully saturated rings. The Kier molecular flexibility index (Phi) is 7.36. The molecule has 4 nitrogen and oxygen atoms in total. The number of carboxylic acid groups (broad SMARTS) is 1. The lowest BCUT2D eigenvalue weighted by atomic mass is 9.91. The molecule has 0 bridgehead atoms. The summed E-state index contributed by atoms with van der Waals surface area (Å²) in [5.41, 5.74) is 0.466. The van der Waals surface area contributed by atoms with Gasteiger partial charge in [-0.2, -0.15) is 0 Å². The molecule has 1 aromatic heterocycles. The first-order valence-corrected chi connectivity index (χ1v) is 12.4. The van der Waals surface area contributed by atoms with Gasteiger partial charge in [0.25, 0.3) is 0 Å². The number of aromatic carboxylic acids is 1. The maximum absolute atomic E-state index is 13.7. The van der Waals surface area contributed by atoms with Crippen molar-refractivity contribution in [3.05, 3.63) is 21.4 Å². The van der Waals surface area contributed by atoms with E-state index < -0.39 is 13.3 Å². The van der Waals surface area contributed by atoms with Gasteiger partial charge in [-0.05, 0) is 70.9 Å². The van der Waals surface area contributed by atoms with Crippen LogP contribution >= 0.6 is 18.7 Å². The summed E-state index contributed by atoms with van der Waals surface area (Å²) >= 11 is 1.16. The Hall–Kier alpha value is -1.08. The van der Waals surface area contributed by atoms with Crippen molar-refractivity contribution in [3.63, 3.8) is 0 Å². The zero-order valence-corrected chi connectivity index (χ0v) is 18.7. The minimum Gasteiger partial charge on any atom is -0.477 e. The highest BCUT2D eigenvalue weighted by atomic mass is 32.1. The molecule has 1 unspecified atom stereocenters. The van der Waals surface area contributed by atoms with E-state index in [9.17, 15) is 14.5 Å². The van der Waals surface area contributed by atoms with Gasteiger partial charge in [-0.15, -0.1) is 11.3 Å². The van der Waals surface area contributed by atoms with E-state index in [1.54, 1.807) is 6.07 Å². The minimum absolute atomic E-state index is 0.0271. The second-order valence-electron chi connectivity index (χ2n) is 8.49. The van der Waals surface area contributed by atoms with Crippen LogP contribution in [-0.4, -0.2) is 23.3 Å². The summed E-state index contributed by atoms with van der Waals surface area (Å²) in [6.07, 6.45) is 4.08. The average molecular weight is 411 g/mol. The molecule has 1 aliphatic rings. The van der Waals surface area contributed by atoms with Crippen LogP contribution in [0.2, 0.25) is 0 Å². The zero-order chi connectivity index (χ0) is 20.2. The fourth-order valence-corrected chi connectivity index (χ4v) is 7.20. The molecule has 0 aliphatic heterocycles. The highest BCUT2D eigenvalue weighted by molar-refractivity contribution is 7.59. The van der Waals surface area contributed by atoms with Crippen LogP contribution < -0.4 is 0 Å². The van der Waals surface area contributed by atoms with E-state index in [0.29, 0.717) is 23.0 Å². The second-order valence-corrected chi connectivity index (χ2v) is 12.3. The lowest BCUT2D eigenvalue weighted by molar-refractivity contribution is 0.0701. The van der Waals surface area contributed by atoms with E-state index >= 15 is 0 Å². The van der Waals surface area contributed by atoms with Crippen molar-refractivity contribution in [3.8, 4) is 11.8 Å². The smallest absolute Gasteiger partial charge is 0.346 e. The first-order valence-electron chi connectivity index (χ1n) is 9.66. The summed E-state index contributed by atoms with van der Waals surface area (Å²) in [6, 6.07) is 1.80. The predicted octanol–water partition coefficient (Wildman–Crippen LogP) is 6.24. The Morgan fingerprint density at radius 1 is 1.33 bits per heavy atom. The molecular weight excluding hydrogens is 379 g/mol. The summed E-state index contributed by atoms with van der Waals surface area (Å²) in [6.45, 7) is 10.5. The number of hydrogen-bond acceptors (Lipinski definition) is 4. The Morgan fingerprint density at radius 3 is 2.48 bits per heavy atom. The third-order valence-corrected chi connectivity index (χ3v) is 9.03. The van der Waals surface area contributed by atoms with Gasteiger partial charge < -0.3 is 9.63 Å². The SMILES string of the molecule is CCOP(=O)(Cc1cc(C#CC(C)(C)C)sc1C(=O)O)C1CCC(C)CC1. The molecular formula is C21H31O4PS. The standard InChI is InChI=1S/C21H31O4PS/c1-6-25-26(24,17-9-7-15(2)8-10-17)14-16-13-18(11-12-21(3,4)5)27-19(16)20(22)23/h13,15,17H,6-10,14H2,1-5H3,(H,22,23). The quantitative estimate of drug-likeness (QED) is 0.445. The molecule has 2 rings (SSSR count). The lowest BCUT2D eigenvalue weighted by Gasteiger charge is -2.32.